The van der Waals surface area contributed by atoms with Gasteiger partial charge in [-0.05, 0) is 83.1 Å². The van der Waals surface area contributed by atoms with Gasteiger partial charge in [-0.1, -0.05) is 0 Å². The van der Waals surface area contributed by atoms with E-state index in [1.807, 2.05) is 20.0 Å². The molecule has 2 aromatic rings. The molecule has 7 nitrogen and oxygen atoms in total. The topological polar surface area (TPSA) is 69.2 Å². The molecule has 4 heterocycles. The summed E-state index contributed by atoms with van der Waals surface area (Å²) in [5.74, 6) is 3.82. The van der Waals surface area contributed by atoms with E-state index in [9.17, 15) is 0 Å². The minimum absolute atomic E-state index is 0.221. The lowest BCUT2D eigenvalue weighted by Crippen LogP contribution is -2.45. The van der Waals surface area contributed by atoms with Crippen molar-refractivity contribution in [2.24, 2.45) is 4.99 Å². The number of nitrogens with zero attached hydrogens (tertiary/aromatic N) is 3. The predicted octanol–water partition coefficient (Wildman–Crippen LogP) is 3.32. The summed E-state index contributed by atoms with van der Waals surface area (Å²) < 4.78 is 11.7. The molecule has 2 saturated heterocycles. The molecular formula is C23H35N5O2. The summed E-state index contributed by atoms with van der Waals surface area (Å²) in [5.41, 5.74) is 0. The first kappa shape index (κ1) is 21.0. The van der Waals surface area contributed by atoms with Crippen LogP contribution in [0.2, 0.25) is 0 Å². The molecule has 2 aromatic heterocycles. The molecule has 2 atom stereocenters. The lowest BCUT2D eigenvalue weighted by Gasteiger charge is -2.28. The van der Waals surface area contributed by atoms with E-state index < -0.39 is 0 Å². The van der Waals surface area contributed by atoms with Gasteiger partial charge in [0, 0.05) is 20.1 Å². The third-order valence-corrected chi connectivity index (χ3v) is 6.27. The fourth-order valence-electron chi connectivity index (χ4n) is 4.65. The minimum atomic E-state index is 0.221. The highest BCUT2D eigenvalue weighted by Crippen LogP contribution is 2.27. The van der Waals surface area contributed by atoms with Gasteiger partial charge in [0.25, 0.3) is 0 Å². The molecule has 0 saturated carbocycles. The molecule has 0 amide bonds. The maximum atomic E-state index is 5.98. The van der Waals surface area contributed by atoms with Gasteiger partial charge in [0.1, 0.15) is 17.3 Å². The van der Waals surface area contributed by atoms with E-state index in [2.05, 4.69) is 43.6 Å². The number of hydrogen-bond donors (Lipinski definition) is 2. The Morgan fingerprint density at radius 2 is 1.53 bits per heavy atom. The van der Waals surface area contributed by atoms with Crippen molar-refractivity contribution in [3.8, 4) is 0 Å². The van der Waals surface area contributed by atoms with E-state index in [0.29, 0.717) is 0 Å². The van der Waals surface area contributed by atoms with E-state index >= 15 is 0 Å². The van der Waals surface area contributed by atoms with Crippen LogP contribution in [0.25, 0.3) is 0 Å². The largest absolute Gasteiger partial charge is 0.468 e. The molecule has 164 valence electrons. The predicted molar refractivity (Wildman–Crippen MR) is 119 cm³/mol. The van der Waals surface area contributed by atoms with Crippen LogP contribution in [0.4, 0.5) is 0 Å². The van der Waals surface area contributed by atoms with Gasteiger partial charge in [0.15, 0.2) is 5.96 Å². The van der Waals surface area contributed by atoms with Crippen LogP contribution in [-0.4, -0.2) is 62.1 Å². The molecule has 2 fully saturated rings. The number of guanidine groups is 1. The number of aryl methyl sites for hydroxylation is 1. The summed E-state index contributed by atoms with van der Waals surface area (Å²) in [5, 5.41) is 7.06. The van der Waals surface area contributed by atoms with Gasteiger partial charge in [-0.2, -0.15) is 0 Å². The SMILES string of the molecule is CN=C(NCC(c1ccco1)N1CCCC1)NCC(c1ccc(C)o1)N1CCCC1. The van der Waals surface area contributed by atoms with Crippen molar-refractivity contribution in [2.75, 3.05) is 46.3 Å². The Labute approximate surface area is 179 Å². The van der Waals surface area contributed by atoms with Crippen LogP contribution in [0.1, 0.15) is 55.0 Å². The second-order valence-electron chi connectivity index (χ2n) is 8.32. The van der Waals surface area contributed by atoms with E-state index in [4.69, 9.17) is 8.83 Å². The van der Waals surface area contributed by atoms with Gasteiger partial charge in [-0.3, -0.25) is 14.8 Å². The van der Waals surface area contributed by atoms with Gasteiger partial charge in [0.2, 0.25) is 0 Å². The normalized spacial score (nSPS) is 20.5. The van der Waals surface area contributed by atoms with E-state index in [-0.39, 0.29) is 12.1 Å². The van der Waals surface area contributed by atoms with Crippen LogP contribution in [-0.2, 0) is 0 Å². The smallest absolute Gasteiger partial charge is 0.191 e. The first-order chi connectivity index (χ1) is 14.7. The zero-order valence-corrected chi connectivity index (χ0v) is 18.3. The van der Waals surface area contributed by atoms with E-state index in [0.717, 1.165) is 62.5 Å². The highest BCUT2D eigenvalue weighted by molar-refractivity contribution is 5.79. The van der Waals surface area contributed by atoms with Crippen molar-refractivity contribution in [3.05, 3.63) is 47.8 Å². The molecule has 4 rings (SSSR count). The molecule has 0 aromatic carbocycles. The number of nitrogens with one attached hydrogen (secondary N) is 2. The van der Waals surface area contributed by atoms with Crippen molar-refractivity contribution in [2.45, 2.75) is 44.7 Å². The molecule has 30 heavy (non-hydrogen) atoms. The van der Waals surface area contributed by atoms with Crippen LogP contribution in [0.3, 0.4) is 0 Å². The number of aliphatic imine (C=N–C) groups is 1. The average Bonchev–Trinajstić information content (AvgIpc) is 3.56. The van der Waals surface area contributed by atoms with Gasteiger partial charge >= 0.3 is 0 Å². The van der Waals surface area contributed by atoms with Crippen molar-refractivity contribution in [1.82, 2.24) is 20.4 Å². The minimum Gasteiger partial charge on any atom is -0.468 e. The fourth-order valence-corrected chi connectivity index (χ4v) is 4.65. The molecule has 2 aliphatic heterocycles. The molecule has 0 aliphatic carbocycles. The Morgan fingerprint density at radius 3 is 2.00 bits per heavy atom. The van der Waals surface area contributed by atoms with Crippen molar-refractivity contribution < 1.29 is 8.83 Å². The van der Waals surface area contributed by atoms with Crippen molar-refractivity contribution in [3.63, 3.8) is 0 Å². The van der Waals surface area contributed by atoms with Crippen LogP contribution in [0.5, 0.6) is 0 Å². The zero-order chi connectivity index (χ0) is 20.8. The first-order valence-corrected chi connectivity index (χ1v) is 11.3. The molecule has 0 radical (unpaired) electrons. The Bertz CT molecular complexity index is 788. The van der Waals surface area contributed by atoms with Crippen LogP contribution < -0.4 is 10.6 Å². The molecule has 7 heteroatoms. The van der Waals surface area contributed by atoms with E-state index in [1.165, 1.54) is 25.7 Å². The monoisotopic (exact) mass is 413 g/mol. The molecule has 2 aliphatic rings. The highest BCUT2D eigenvalue weighted by atomic mass is 16.3. The van der Waals surface area contributed by atoms with Gasteiger partial charge in [0.05, 0.1) is 18.3 Å². The second-order valence-corrected chi connectivity index (χ2v) is 8.32. The molecule has 0 bridgehead atoms. The lowest BCUT2D eigenvalue weighted by molar-refractivity contribution is 0.210. The average molecular weight is 414 g/mol. The second kappa shape index (κ2) is 10.2. The van der Waals surface area contributed by atoms with Crippen LogP contribution in [0.15, 0.2) is 44.4 Å². The summed E-state index contributed by atoms with van der Waals surface area (Å²) in [6.07, 6.45) is 6.78. The van der Waals surface area contributed by atoms with Crippen LogP contribution in [0, 0.1) is 6.92 Å². The van der Waals surface area contributed by atoms with E-state index in [1.54, 1.807) is 6.26 Å². The number of rotatable bonds is 8. The summed E-state index contributed by atoms with van der Waals surface area (Å²) in [6, 6.07) is 8.65. The Morgan fingerprint density at radius 1 is 0.933 bits per heavy atom. The summed E-state index contributed by atoms with van der Waals surface area (Å²) in [7, 11) is 1.83. The molecular weight excluding hydrogens is 378 g/mol. The molecule has 2 N–H and O–H groups in total. The van der Waals surface area contributed by atoms with Gasteiger partial charge in [-0.25, -0.2) is 0 Å². The lowest BCUT2D eigenvalue weighted by atomic mass is 10.2. The quantitative estimate of drug-likeness (QED) is 0.511. The number of hydrogen-bond acceptors (Lipinski definition) is 5. The van der Waals surface area contributed by atoms with Gasteiger partial charge in [-0.15, -0.1) is 0 Å². The summed E-state index contributed by atoms with van der Waals surface area (Å²) in [4.78, 5) is 9.47. The van der Waals surface area contributed by atoms with Crippen molar-refractivity contribution >= 4 is 5.96 Å². The van der Waals surface area contributed by atoms with Crippen LogP contribution >= 0.6 is 0 Å². The highest BCUT2D eigenvalue weighted by Gasteiger charge is 2.27. The first-order valence-electron chi connectivity index (χ1n) is 11.3. The van der Waals surface area contributed by atoms with Crippen molar-refractivity contribution in [1.29, 1.82) is 0 Å². The third-order valence-electron chi connectivity index (χ3n) is 6.27. The third kappa shape index (κ3) is 5.08. The van der Waals surface area contributed by atoms with Gasteiger partial charge < -0.3 is 19.5 Å². The number of likely N-dealkylation sites (tertiary alicyclic amines) is 2. The number of furan rings is 2. The Balaban J connectivity index is 1.37. The summed E-state index contributed by atoms with van der Waals surface area (Å²) >= 11 is 0. The maximum Gasteiger partial charge on any atom is 0.191 e. The fraction of sp³-hybridized carbons (Fsp3) is 0.609. The zero-order valence-electron chi connectivity index (χ0n) is 18.3. The maximum absolute atomic E-state index is 5.98. The molecule has 2 unspecified atom stereocenters. The Kier molecular flexibility index (Phi) is 7.12. The summed E-state index contributed by atoms with van der Waals surface area (Å²) in [6.45, 7) is 8.01. The molecule has 0 spiro atoms. The Hall–Kier alpha value is -2.25. The standard InChI is InChI=1S/C23H35N5O2/c1-18-9-10-22(30-18)20(28-13-5-6-14-28)17-26-23(24-2)25-16-19(21-8-7-15-29-21)27-11-3-4-12-27/h7-10,15,19-20H,3-6,11-14,16-17H2,1-2H3,(H2,24,25,26).